The molecule has 2 aromatic rings. The number of ether oxygens (including phenoxy) is 3. The molecule has 2 amide bonds. The molecule has 3 aliphatic carbocycles. The lowest BCUT2D eigenvalue weighted by Gasteiger charge is -2.64. The van der Waals surface area contributed by atoms with E-state index in [-0.39, 0.29) is 43.9 Å². The van der Waals surface area contributed by atoms with Gasteiger partial charge in [-0.1, -0.05) is 50.2 Å². The second-order valence-corrected chi connectivity index (χ2v) is 16.1. The Morgan fingerprint density at radius 3 is 2.46 bits per heavy atom. The average molecular weight is 691 g/mol. The summed E-state index contributed by atoms with van der Waals surface area (Å²) in [6, 6.07) is 11.8. The van der Waals surface area contributed by atoms with Crippen LogP contribution in [-0.4, -0.2) is 84.2 Å². The number of hydrogen-bond acceptors (Lipinski definition) is 9. The summed E-state index contributed by atoms with van der Waals surface area (Å²) in [6.07, 6.45) is 2.48. The maximum Gasteiger partial charge on any atom is 0.457 e. The number of carbonyl (C=O) groups is 3. The Morgan fingerprint density at radius 1 is 1.08 bits per heavy atom. The molecule has 7 rings (SSSR count). The zero-order valence-corrected chi connectivity index (χ0v) is 30.3. The Labute approximate surface area is 295 Å². The van der Waals surface area contributed by atoms with Crippen LogP contribution in [0.3, 0.4) is 0 Å². The highest BCUT2D eigenvalue weighted by molar-refractivity contribution is 6.45. The molecule has 5 aliphatic rings. The van der Waals surface area contributed by atoms with E-state index in [0.29, 0.717) is 35.9 Å². The van der Waals surface area contributed by atoms with Crippen LogP contribution in [-0.2, 0) is 36.6 Å². The second-order valence-electron chi connectivity index (χ2n) is 16.1. The van der Waals surface area contributed by atoms with Crippen LogP contribution in [0.4, 0.5) is 4.79 Å². The molecular weight excluding hydrogens is 639 g/mol. The van der Waals surface area contributed by atoms with Gasteiger partial charge in [0.15, 0.2) is 0 Å². The van der Waals surface area contributed by atoms with Crippen LogP contribution in [0.15, 0.2) is 42.5 Å². The number of amides is 2. The number of carbonyl (C=O) groups excluding carboxylic acids is 3. The lowest BCUT2D eigenvalue weighted by atomic mass is 9.43. The van der Waals surface area contributed by atoms with E-state index >= 15 is 0 Å². The summed E-state index contributed by atoms with van der Waals surface area (Å²) in [5.74, 6) is 0.625. The van der Waals surface area contributed by atoms with Crippen molar-refractivity contribution in [1.29, 1.82) is 0 Å². The molecule has 2 heterocycles. The Kier molecular flexibility index (Phi) is 10.0. The van der Waals surface area contributed by atoms with Gasteiger partial charge in [-0.3, -0.25) is 4.79 Å². The topological polar surface area (TPSA) is 133 Å². The van der Waals surface area contributed by atoms with Crippen LogP contribution >= 0.6 is 0 Å². The monoisotopic (exact) mass is 690 g/mol. The van der Waals surface area contributed by atoms with E-state index in [1.807, 2.05) is 64.1 Å². The maximum atomic E-state index is 13.6. The molecule has 12 heteroatoms. The van der Waals surface area contributed by atoms with Crippen LogP contribution in [0.25, 0.3) is 0 Å². The first-order chi connectivity index (χ1) is 23.6. The van der Waals surface area contributed by atoms with E-state index in [1.165, 1.54) is 11.3 Å². The van der Waals surface area contributed by atoms with Crippen molar-refractivity contribution < 1.29 is 43.0 Å². The smallest absolute Gasteiger partial charge is 0.457 e. The maximum absolute atomic E-state index is 13.6. The molecule has 0 spiro atoms. The minimum atomic E-state index is -1.16. The Bertz CT molecular complexity index is 1590. The van der Waals surface area contributed by atoms with Crippen molar-refractivity contribution in [2.45, 2.75) is 110 Å². The van der Waals surface area contributed by atoms with Crippen molar-refractivity contribution in [2.75, 3.05) is 19.7 Å². The largest absolute Gasteiger partial charge is 0.486 e. The summed E-state index contributed by atoms with van der Waals surface area (Å²) >= 11 is 0. The number of aliphatic hydroxyl groups excluding tert-OH is 1. The lowest BCUT2D eigenvalue weighted by molar-refractivity contribution is -0.199. The molecule has 11 nitrogen and oxygen atoms in total. The van der Waals surface area contributed by atoms with Gasteiger partial charge in [0.05, 0.1) is 31.4 Å². The molecule has 2 bridgehead atoms. The molecule has 50 heavy (non-hydrogen) atoms. The number of likely N-dealkylation sites (tertiary alicyclic amines) is 1. The third-order valence-corrected chi connectivity index (χ3v) is 11.2. The van der Waals surface area contributed by atoms with Gasteiger partial charge in [-0.05, 0) is 100 Å². The highest BCUT2D eigenvalue weighted by atomic mass is 16.7. The first-order valence-electron chi connectivity index (χ1n) is 17.8. The van der Waals surface area contributed by atoms with Crippen molar-refractivity contribution >= 4 is 25.1 Å². The van der Waals surface area contributed by atoms with Crippen molar-refractivity contribution in [3.05, 3.63) is 64.7 Å². The fourth-order valence-electron chi connectivity index (χ4n) is 8.22. The van der Waals surface area contributed by atoms with Gasteiger partial charge in [-0.15, -0.1) is 0 Å². The van der Waals surface area contributed by atoms with Gasteiger partial charge in [0.1, 0.15) is 35.7 Å². The number of nitrogens with zero attached hydrogens (tertiary/aromatic N) is 1. The van der Waals surface area contributed by atoms with E-state index in [1.54, 1.807) is 6.07 Å². The van der Waals surface area contributed by atoms with Crippen LogP contribution in [0.5, 0.6) is 5.75 Å². The molecular formula is C38H51BN2O9. The number of nitrogens with one attached hydrogen (secondary N) is 1. The van der Waals surface area contributed by atoms with Crippen molar-refractivity contribution in [1.82, 2.24) is 10.2 Å². The molecule has 5 atom stereocenters. The summed E-state index contributed by atoms with van der Waals surface area (Å²) in [7, 11) is -0.304. The minimum absolute atomic E-state index is 0.0398. The van der Waals surface area contributed by atoms with Gasteiger partial charge < -0.3 is 38.8 Å². The van der Waals surface area contributed by atoms with Crippen LogP contribution in [0, 0.1) is 24.2 Å². The number of rotatable bonds is 11. The van der Waals surface area contributed by atoms with Gasteiger partial charge in [-0.2, -0.15) is 0 Å². The molecule has 0 unspecified atom stereocenters. The van der Waals surface area contributed by atoms with E-state index in [4.69, 9.17) is 23.5 Å². The van der Waals surface area contributed by atoms with Crippen molar-refractivity contribution in [3.8, 4) is 5.75 Å². The molecule has 5 fully saturated rings. The normalized spacial score (nSPS) is 25.9. The number of hydrogen-bond donors (Lipinski definition) is 2. The molecule has 270 valence electrons. The number of esters is 1. The third kappa shape index (κ3) is 7.25. The third-order valence-electron chi connectivity index (χ3n) is 11.2. The first kappa shape index (κ1) is 36.2. The number of benzene rings is 2. The highest BCUT2D eigenvalue weighted by Crippen LogP contribution is 2.65. The minimum Gasteiger partial charge on any atom is -0.486 e. The van der Waals surface area contributed by atoms with Crippen LogP contribution in [0.1, 0.15) is 81.4 Å². The molecule has 2 aliphatic heterocycles. The summed E-state index contributed by atoms with van der Waals surface area (Å²) in [5.41, 5.74) is 2.21. The molecule has 3 saturated carbocycles. The molecule has 2 aromatic carbocycles. The van der Waals surface area contributed by atoms with Gasteiger partial charge in [0, 0.05) is 0 Å². The summed E-state index contributed by atoms with van der Waals surface area (Å²) in [5, 5.41) is 12.3. The van der Waals surface area contributed by atoms with E-state index in [0.717, 1.165) is 23.1 Å². The number of aliphatic hydroxyl groups is 1. The molecule has 0 radical (unpaired) electrons. The number of aryl methyl sites for hydroxylation is 1. The number of alkyl carbamates (subject to hydrolysis) is 1. The van der Waals surface area contributed by atoms with Crippen LogP contribution in [0.2, 0.25) is 6.32 Å². The average Bonchev–Trinajstić information content (AvgIpc) is 3.39. The lowest BCUT2D eigenvalue weighted by Crippen LogP contribution is -2.65. The highest BCUT2D eigenvalue weighted by Gasteiger charge is 2.67. The summed E-state index contributed by atoms with van der Waals surface area (Å²) in [6.45, 7) is 14.2. The first-order valence-corrected chi connectivity index (χ1v) is 17.8. The zero-order valence-electron chi connectivity index (χ0n) is 30.3. The van der Waals surface area contributed by atoms with E-state index < -0.39 is 42.3 Å². The SMILES string of the molecule is Cc1c(CCB2O[C@@H]3C[C@@H]4C[C@@H](C4(C)C)[C@]3(C)O2)ccc(OC2CN(C(=O)[C@@H](CO)NC(=O)OCc3ccccc3)C2)c1C(=O)OC(C)(C)C. The Morgan fingerprint density at radius 2 is 1.80 bits per heavy atom. The van der Waals surface area contributed by atoms with Gasteiger partial charge in [0.2, 0.25) is 5.91 Å². The van der Waals surface area contributed by atoms with E-state index in [2.05, 4.69) is 26.1 Å². The second kappa shape index (κ2) is 13.8. The predicted octanol–water partition coefficient (Wildman–Crippen LogP) is 5.10. The molecule has 2 N–H and O–H groups in total. The van der Waals surface area contributed by atoms with Crippen LogP contribution < -0.4 is 10.1 Å². The van der Waals surface area contributed by atoms with Gasteiger partial charge >= 0.3 is 19.2 Å². The predicted molar refractivity (Wildman–Crippen MR) is 187 cm³/mol. The zero-order chi connectivity index (χ0) is 36.0. The fraction of sp³-hybridized carbons (Fsp3) is 0.605. The van der Waals surface area contributed by atoms with Gasteiger partial charge in [0.25, 0.3) is 0 Å². The van der Waals surface area contributed by atoms with Gasteiger partial charge in [-0.25, -0.2) is 9.59 Å². The fourth-order valence-corrected chi connectivity index (χ4v) is 8.22. The Hall–Kier alpha value is -3.61. The standard InChI is InChI=1S/C38H51BN2O9/c1-23-25(15-16-39-49-31-18-26-17-30(37(26,5)6)38(31,7)50-39)13-14-29(32(23)34(44)48-36(2,3)4)47-27-19-41(20-27)33(43)28(21-42)40-35(45)46-22-24-11-9-8-10-12-24/h8-14,26-28,30-31,42H,15-22H2,1-7H3,(H,40,45)/t26-,28+,30-,31+,38-/m0/s1. The molecule has 2 saturated heterocycles. The van der Waals surface area contributed by atoms with E-state index in [9.17, 15) is 19.5 Å². The summed E-state index contributed by atoms with van der Waals surface area (Å²) < 4.78 is 30.4. The summed E-state index contributed by atoms with van der Waals surface area (Å²) in [4.78, 5) is 40.5. The van der Waals surface area contributed by atoms with Crippen molar-refractivity contribution in [3.63, 3.8) is 0 Å². The molecule has 0 aromatic heterocycles. The Balaban J connectivity index is 1.07. The quantitative estimate of drug-likeness (QED) is 0.244. The van der Waals surface area contributed by atoms with Crippen molar-refractivity contribution in [2.24, 2.45) is 17.3 Å².